The second kappa shape index (κ2) is 9.46. The predicted octanol–water partition coefficient (Wildman–Crippen LogP) is 4.43. The number of carbonyl (C=O) groups excluding carboxylic acids is 2. The van der Waals surface area contributed by atoms with E-state index in [4.69, 9.17) is 32.7 Å². The average Bonchev–Trinajstić information content (AvgIpc) is 2.63. The van der Waals surface area contributed by atoms with Crippen LogP contribution in [-0.4, -0.2) is 25.6 Å². The van der Waals surface area contributed by atoms with Crippen molar-refractivity contribution < 1.29 is 19.1 Å². The third-order valence-corrected chi connectivity index (χ3v) is 4.42. The molecule has 0 aliphatic heterocycles. The summed E-state index contributed by atoms with van der Waals surface area (Å²) in [6, 6.07) is 11.1. The van der Waals surface area contributed by atoms with Gasteiger partial charge in [-0.15, -0.1) is 0 Å². The van der Waals surface area contributed by atoms with Gasteiger partial charge in [0, 0.05) is 5.56 Å². The van der Waals surface area contributed by atoms with Gasteiger partial charge in [0.1, 0.15) is 5.75 Å². The summed E-state index contributed by atoms with van der Waals surface area (Å²) in [7, 11) is 1.57. The van der Waals surface area contributed by atoms with Gasteiger partial charge in [-0.1, -0.05) is 35.3 Å². The van der Waals surface area contributed by atoms with E-state index in [2.05, 4.69) is 5.32 Å². The molecular weight excluding hydrogens is 377 g/mol. The molecule has 0 heterocycles. The van der Waals surface area contributed by atoms with E-state index in [0.29, 0.717) is 16.3 Å². The van der Waals surface area contributed by atoms with Crippen molar-refractivity contribution in [1.29, 1.82) is 0 Å². The van der Waals surface area contributed by atoms with Gasteiger partial charge in [0.15, 0.2) is 0 Å². The van der Waals surface area contributed by atoms with Gasteiger partial charge < -0.3 is 14.8 Å². The van der Waals surface area contributed by atoms with Crippen LogP contribution in [0.25, 0.3) is 0 Å². The smallest absolute Gasteiger partial charge is 0.308 e. The van der Waals surface area contributed by atoms with Crippen molar-refractivity contribution in [3.63, 3.8) is 0 Å². The quantitative estimate of drug-likeness (QED) is 0.704. The highest BCUT2D eigenvalue weighted by Crippen LogP contribution is 2.24. The number of benzene rings is 2. The van der Waals surface area contributed by atoms with Crippen LogP contribution in [0.1, 0.15) is 35.3 Å². The van der Waals surface area contributed by atoms with Crippen LogP contribution in [0.15, 0.2) is 42.5 Å². The molecule has 0 aromatic heterocycles. The second-order valence-corrected chi connectivity index (χ2v) is 6.25. The van der Waals surface area contributed by atoms with Crippen molar-refractivity contribution in [3.05, 3.63) is 63.6 Å². The third-order valence-electron chi connectivity index (χ3n) is 3.68. The SMILES string of the molecule is CCOC(=O)C[C@H](NC(=O)c1ccc(Cl)c(Cl)c1)c1ccc(OC)cc1. The Labute approximate surface area is 162 Å². The molecule has 0 unspecified atom stereocenters. The number of rotatable bonds is 7. The minimum atomic E-state index is -0.554. The molecule has 0 bridgehead atoms. The molecule has 0 aliphatic rings. The maximum absolute atomic E-state index is 12.6. The van der Waals surface area contributed by atoms with E-state index in [-0.39, 0.29) is 24.0 Å². The molecule has 5 nitrogen and oxygen atoms in total. The first-order valence-corrected chi connectivity index (χ1v) is 8.75. The monoisotopic (exact) mass is 395 g/mol. The lowest BCUT2D eigenvalue weighted by Crippen LogP contribution is -2.30. The van der Waals surface area contributed by atoms with Crippen LogP contribution in [0.4, 0.5) is 0 Å². The van der Waals surface area contributed by atoms with Gasteiger partial charge in [-0.3, -0.25) is 9.59 Å². The average molecular weight is 396 g/mol. The molecule has 0 fully saturated rings. The fourth-order valence-electron chi connectivity index (χ4n) is 2.35. The zero-order valence-corrected chi connectivity index (χ0v) is 15.9. The Bertz CT molecular complexity index is 778. The van der Waals surface area contributed by atoms with E-state index >= 15 is 0 Å². The second-order valence-electron chi connectivity index (χ2n) is 5.44. The van der Waals surface area contributed by atoms with Gasteiger partial charge in [-0.25, -0.2) is 0 Å². The van der Waals surface area contributed by atoms with Gasteiger partial charge in [0.25, 0.3) is 5.91 Å². The van der Waals surface area contributed by atoms with Crippen molar-refractivity contribution in [2.45, 2.75) is 19.4 Å². The summed E-state index contributed by atoms with van der Waals surface area (Å²) in [6.45, 7) is 2.00. The first kappa shape index (κ1) is 20.1. The summed E-state index contributed by atoms with van der Waals surface area (Å²) in [5.74, 6) is -0.0871. The predicted molar refractivity (Wildman–Crippen MR) is 101 cm³/mol. The minimum absolute atomic E-state index is 0.00717. The number of nitrogens with one attached hydrogen (secondary N) is 1. The van der Waals surface area contributed by atoms with E-state index in [1.807, 2.05) is 0 Å². The third kappa shape index (κ3) is 5.38. The highest BCUT2D eigenvalue weighted by atomic mass is 35.5. The highest BCUT2D eigenvalue weighted by molar-refractivity contribution is 6.42. The Balaban J connectivity index is 2.22. The molecule has 1 N–H and O–H groups in total. The van der Waals surface area contributed by atoms with Crippen molar-refractivity contribution in [2.75, 3.05) is 13.7 Å². The van der Waals surface area contributed by atoms with Crippen LogP contribution in [0.2, 0.25) is 10.0 Å². The van der Waals surface area contributed by atoms with E-state index in [9.17, 15) is 9.59 Å². The number of hydrogen-bond donors (Lipinski definition) is 1. The van der Waals surface area contributed by atoms with Crippen LogP contribution in [0.3, 0.4) is 0 Å². The van der Waals surface area contributed by atoms with Gasteiger partial charge >= 0.3 is 5.97 Å². The van der Waals surface area contributed by atoms with E-state index in [1.54, 1.807) is 50.4 Å². The molecule has 0 spiro atoms. The Morgan fingerprint density at radius 3 is 2.35 bits per heavy atom. The van der Waals surface area contributed by atoms with Gasteiger partial charge in [-0.05, 0) is 42.8 Å². The lowest BCUT2D eigenvalue weighted by Gasteiger charge is -2.19. The maximum atomic E-state index is 12.6. The fraction of sp³-hybridized carbons (Fsp3) is 0.263. The Morgan fingerprint density at radius 1 is 1.08 bits per heavy atom. The largest absolute Gasteiger partial charge is 0.497 e. The normalized spacial score (nSPS) is 11.5. The number of amides is 1. The molecule has 1 amide bonds. The summed E-state index contributed by atoms with van der Waals surface area (Å²) in [5.41, 5.74) is 1.11. The van der Waals surface area contributed by atoms with Crippen LogP contribution in [-0.2, 0) is 9.53 Å². The van der Waals surface area contributed by atoms with Crippen molar-refractivity contribution >= 4 is 35.1 Å². The molecule has 0 aliphatic carbocycles. The summed E-state index contributed by atoms with van der Waals surface area (Å²) in [4.78, 5) is 24.5. The molecule has 2 aromatic rings. The lowest BCUT2D eigenvalue weighted by atomic mass is 10.0. The molecule has 2 aromatic carbocycles. The van der Waals surface area contributed by atoms with Crippen molar-refractivity contribution in [3.8, 4) is 5.75 Å². The summed E-state index contributed by atoms with van der Waals surface area (Å²) >= 11 is 11.9. The van der Waals surface area contributed by atoms with Crippen LogP contribution < -0.4 is 10.1 Å². The number of ether oxygens (including phenoxy) is 2. The van der Waals surface area contributed by atoms with E-state index < -0.39 is 12.0 Å². The van der Waals surface area contributed by atoms with E-state index in [0.717, 1.165) is 5.56 Å². The zero-order valence-electron chi connectivity index (χ0n) is 14.4. The van der Waals surface area contributed by atoms with Crippen LogP contribution in [0, 0.1) is 0 Å². The highest BCUT2D eigenvalue weighted by Gasteiger charge is 2.20. The topological polar surface area (TPSA) is 64.6 Å². The molecule has 0 saturated carbocycles. The first-order valence-electron chi connectivity index (χ1n) is 8.00. The zero-order chi connectivity index (χ0) is 19.1. The van der Waals surface area contributed by atoms with Crippen molar-refractivity contribution in [1.82, 2.24) is 5.32 Å². The number of hydrogen-bond acceptors (Lipinski definition) is 4. The molecule has 0 radical (unpaired) electrons. The van der Waals surface area contributed by atoms with Crippen LogP contribution in [0.5, 0.6) is 5.75 Å². The standard InChI is InChI=1S/C19H19Cl2NO4/c1-3-26-18(23)11-17(12-4-7-14(25-2)8-5-12)22-19(24)13-6-9-15(20)16(21)10-13/h4-10,17H,3,11H2,1-2H3,(H,22,24)/t17-/m0/s1. The molecule has 2 rings (SSSR count). The summed E-state index contributed by atoms with van der Waals surface area (Å²) in [5, 5.41) is 3.49. The molecule has 0 saturated heterocycles. The number of halogens is 2. The lowest BCUT2D eigenvalue weighted by molar-refractivity contribution is -0.143. The number of carbonyl (C=O) groups is 2. The van der Waals surface area contributed by atoms with Crippen LogP contribution >= 0.6 is 23.2 Å². The summed E-state index contributed by atoms with van der Waals surface area (Å²) in [6.07, 6.45) is 0.00717. The van der Waals surface area contributed by atoms with Gasteiger partial charge in [0.2, 0.25) is 0 Å². The molecule has 138 valence electrons. The van der Waals surface area contributed by atoms with Crippen molar-refractivity contribution in [2.24, 2.45) is 0 Å². The Hall–Kier alpha value is -2.24. The van der Waals surface area contributed by atoms with Gasteiger partial charge in [0.05, 0.1) is 36.2 Å². The molecule has 7 heteroatoms. The molecule has 26 heavy (non-hydrogen) atoms. The number of esters is 1. The minimum Gasteiger partial charge on any atom is -0.497 e. The summed E-state index contributed by atoms with van der Waals surface area (Å²) < 4.78 is 10.1. The number of methoxy groups -OCH3 is 1. The van der Waals surface area contributed by atoms with E-state index in [1.165, 1.54) is 6.07 Å². The Morgan fingerprint density at radius 2 is 1.77 bits per heavy atom. The fourth-order valence-corrected chi connectivity index (χ4v) is 2.65. The first-order chi connectivity index (χ1) is 12.4. The molecule has 1 atom stereocenters. The Kier molecular flexibility index (Phi) is 7.30. The van der Waals surface area contributed by atoms with Gasteiger partial charge in [-0.2, -0.15) is 0 Å². The molecular formula is C19H19Cl2NO4. The maximum Gasteiger partial charge on any atom is 0.308 e.